The van der Waals surface area contributed by atoms with Gasteiger partial charge in [-0.2, -0.15) is 11.8 Å². The Kier molecular flexibility index (Phi) is 6.43. The summed E-state index contributed by atoms with van der Waals surface area (Å²) in [5, 5.41) is 7.75. The summed E-state index contributed by atoms with van der Waals surface area (Å²) in [6, 6.07) is 4.84. The highest BCUT2D eigenvalue weighted by molar-refractivity contribution is 8.00. The van der Waals surface area contributed by atoms with Crippen molar-refractivity contribution in [2.75, 3.05) is 39.6 Å². The van der Waals surface area contributed by atoms with Crippen molar-refractivity contribution in [1.29, 1.82) is 0 Å². The second-order valence-corrected chi connectivity index (χ2v) is 7.88. The fourth-order valence-electron chi connectivity index (χ4n) is 3.33. The van der Waals surface area contributed by atoms with Crippen LogP contribution in [-0.4, -0.2) is 55.3 Å². The first-order valence-corrected chi connectivity index (χ1v) is 10.2. The van der Waals surface area contributed by atoms with Crippen LogP contribution in [0.4, 0.5) is 4.39 Å². The average Bonchev–Trinajstić information content (AvgIpc) is 3.07. The lowest BCUT2D eigenvalue weighted by Gasteiger charge is -2.36. The van der Waals surface area contributed by atoms with Crippen molar-refractivity contribution in [1.82, 2.24) is 15.6 Å². The standard InChI is InChI=1S/C19H27FN4OS/c1-21-18(24-13-19(26-2)6-9-25-10-7-19)22-8-5-14-12-23-17-4-3-15(20)11-16(14)17/h3-4,11-12,23H,5-10,13H2,1-2H3,(H2,21,22,24). The number of nitrogens with one attached hydrogen (secondary N) is 3. The Morgan fingerprint density at radius 2 is 2.15 bits per heavy atom. The van der Waals surface area contributed by atoms with E-state index < -0.39 is 0 Å². The number of nitrogens with zero attached hydrogens (tertiary/aromatic N) is 1. The molecule has 0 atom stereocenters. The molecule has 3 N–H and O–H groups in total. The minimum atomic E-state index is -0.206. The Morgan fingerprint density at radius 3 is 2.88 bits per heavy atom. The molecule has 1 aliphatic heterocycles. The Morgan fingerprint density at radius 1 is 1.35 bits per heavy atom. The highest BCUT2D eigenvalue weighted by atomic mass is 32.2. The summed E-state index contributed by atoms with van der Waals surface area (Å²) in [7, 11) is 1.78. The zero-order chi connectivity index (χ0) is 18.4. The predicted octanol–water partition coefficient (Wildman–Crippen LogP) is 2.93. The molecule has 0 saturated carbocycles. The predicted molar refractivity (Wildman–Crippen MR) is 108 cm³/mol. The third kappa shape index (κ3) is 4.51. The summed E-state index contributed by atoms with van der Waals surface area (Å²) < 4.78 is 19.2. The van der Waals surface area contributed by atoms with Crippen molar-refractivity contribution < 1.29 is 9.13 Å². The minimum Gasteiger partial charge on any atom is -0.381 e. The van der Waals surface area contributed by atoms with Crippen molar-refractivity contribution in [3.63, 3.8) is 0 Å². The van der Waals surface area contributed by atoms with Crippen LogP contribution < -0.4 is 10.6 Å². The molecule has 2 aromatic rings. The van der Waals surface area contributed by atoms with E-state index in [1.54, 1.807) is 19.2 Å². The fourth-order valence-corrected chi connectivity index (χ4v) is 4.13. The van der Waals surface area contributed by atoms with Crippen LogP contribution in [0.15, 0.2) is 29.4 Å². The van der Waals surface area contributed by atoms with Crippen molar-refractivity contribution in [3.05, 3.63) is 35.8 Å². The molecule has 0 unspecified atom stereocenters. The Bertz CT molecular complexity index is 755. The minimum absolute atomic E-state index is 0.206. The maximum Gasteiger partial charge on any atom is 0.191 e. The van der Waals surface area contributed by atoms with Crippen molar-refractivity contribution in [2.45, 2.75) is 24.0 Å². The number of H-pyrrole nitrogens is 1. The Balaban J connectivity index is 1.51. The van der Waals surface area contributed by atoms with E-state index >= 15 is 0 Å². The molecular weight excluding hydrogens is 351 g/mol. The van der Waals surface area contributed by atoms with Gasteiger partial charge in [-0.1, -0.05) is 0 Å². The van der Waals surface area contributed by atoms with Gasteiger partial charge in [-0.3, -0.25) is 4.99 Å². The van der Waals surface area contributed by atoms with Crippen LogP contribution in [0.3, 0.4) is 0 Å². The maximum atomic E-state index is 13.5. The lowest BCUT2D eigenvalue weighted by molar-refractivity contribution is 0.0783. The van der Waals surface area contributed by atoms with Crippen molar-refractivity contribution in [3.8, 4) is 0 Å². The lowest BCUT2D eigenvalue weighted by atomic mass is 9.99. The van der Waals surface area contributed by atoms with E-state index in [1.807, 2.05) is 18.0 Å². The van der Waals surface area contributed by atoms with Gasteiger partial charge in [0, 0.05) is 55.2 Å². The van der Waals surface area contributed by atoms with E-state index in [9.17, 15) is 4.39 Å². The summed E-state index contributed by atoms with van der Waals surface area (Å²) in [5.41, 5.74) is 2.07. The Labute approximate surface area is 158 Å². The van der Waals surface area contributed by atoms with E-state index in [1.165, 1.54) is 6.07 Å². The van der Waals surface area contributed by atoms with E-state index in [4.69, 9.17) is 4.74 Å². The number of ether oxygens (including phenoxy) is 1. The molecule has 7 heteroatoms. The summed E-state index contributed by atoms with van der Waals surface area (Å²) >= 11 is 1.91. The summed E-state index contributed by atoms with van der Waals surface area (Å²) in [4.78, 5) is 7.51. The molecule has 1 aliphatic rings. The van der Waals surface area contributed by atoms with Gasteiger partial charge in [-0.05, 0) is 49.3 Å². The quantitative estimate of drug-likeness (QED) is 0.534. The molecule has 26 heavy (non-hydrogen) atoms. The van der Waals surface area contributed by atoms with Crippen LogP contribution >= 0.6 is 11.8 Å². The summed E-state index contributed by atoms with van der Waals surface area (Å²) in [5.74, 6) is 0.596. The topological polar surface area (TPSA) is 61.4 Å². The number of rotatable bonds is 6. The first-order chi connectivity index (χ1) is 12.7. The molecule has 0 radical (unpaired) electrons. The normalized spacial score (nSPS) is 17.4. The second kappa shape index (κ2) is 8.77. The molecule has 0 aliphatic carbocycles. The molecule has 5 nitrogen and oxygen atoms in total. The highest BCUT2D eigenvalue weighted by Crippen LogP contribution is 2.32. The Hall–Kier alpha value is -1.73. The van der Waals surface area contributed by atoms with Gasteiger partial charge in [-0.25, -0.2) is 4.39 Å². The van der Waals surface area contributed by atoms with Crippen LogP contribution in [0, 0.1) is 5.82 Å². The van der Waals surface area contributed by atoms with Crippen molar-refractivity contribution in [2.24, 2.45) is 4.99 Å². The number of aliphatic imine (C=N–C) groups is 1. The second-order valence-electron chi connectivity index (χ2n) is 6.61. The molecule has 2 heterocycles. The highest BCUT2D eigenvalue weighted by Gasteiger charge is 2.31. The first kappa shape index (κ1) is 19.0. The summed E-state index contributed by atoms with van der Waals surface area (Å²) in [6.07, 6.45) is 7.02. The molecule has 1 aromatic heterocycles. The average molecular weight is 379 g/mol. The maximum absolute atomic E-state index is 13.5. The number of hydrogen-bond donors (Lipinski definition) is 3. The number of fused-ring (bicyclic) bond motifs is 1. The number of aromatic amines is 1. The monoisotopic (exact) mass is 378 g/mol. The molecule has 1 aromatic carbocycles. The van der Waals surface area contributed by atoms with E-state index in [-0.39, 0.29) is 10.6 Å². The largest absolute Gasteiger partial charge is 0.381 e. The van der Waals surface area contributed by atoms with Gasteiger partial charge in [0.1, 0.15) is 5.82 Å². The SMILES string of the molecule is CN=C(NCCc1c[nH]c2ccc(F)cc12)NCC1(SC)CCOCC1. The van der Waals surface area contributed by atoms with Crippen LogP contribution in [0.5, 0.6) is 0 Å². The number of benzene rings is 1. The van der Waals surface area contributed by atoms with Gasteiger partial charge in [0.25, 0.3) is 0 Å². The molecule has 1 fully saturated rings. The van der Waals surface area contributed by atoms with Crippen molar-refractivity contribution >= 4 is 28.6 Å². The fraction of sp³-hybridized carbons (Fsp3) is 0.526. The molecule has 0 bridgehead atoms. The molecule has 3 rings (SSSR count). The summed E-state index contributed by atoms with van der Waals surface area (Å²) in [6.45, 7) is 3.26. The molecule has 1 saturated heterocycles. The third-order valence-corrected chi connectivity index (χ3v) is 6.47. The zero-order valence-corrected chi connectivity index (χ0v) is 16.2. The molecule has 0 amide bonds. The van der Waals surface area contributed by atoms with Crippen LogP contribution in [0.1, 0.15) is 18.4 Å². The van der Waals surface area contributed by atoms with Crippen LogP contribution in [0.2, 0.25) is 0 Å². The van der Waals surface area contributed by atoms with Gasteiger partial charge in [0.15, 0.2) is 5.96 Å². The molecule has 0 spiro atoms. The number of hydrogen-bond acceptors (Lipinski definition) is 3. The number of thioether (sulfide) groups is 1. The lowest BCUT2D eigenvalue weighted by Crippen LogP contribution is -2.48. The van der Waals surface area contributed by atoms with Crippen LogP contribution in [0.25, 0.3) is 10.9 Å². The van der Waals surface area contributed by atoms with Gasteiger partial charge in [0.05, 0.1) is 0 Å². The third-order valence-electron chi connectivity index (χ3n) is 5.05. The van der Waals surface area contributed by atoms with Gasteiger partial charge in [-0.15, -0.1) is 0 Å². The van der Waals surface area contributed by atoms with E-state index in [2.05, 4.69) is 26.9 Å². The van der Waals surface area contributed by atoms with Gasteiger partial charge < -0.3 is 20.4 Å². The molecule has 142 valence electrons. The van der Waals surface area contributed by atoms with Crippen LogP contribution in [-0.2, 0) is 11.2 Å². The van der Waals surface area contributed by atoms with Gasteiger partial charge in [0.2, 0.25) is 0 Å². The number of guanidine groups is 1. The smallest absolute Gasteiger partial charge is 0.191 e. The first-order valence-electron chi connectivity index (χ1n) is 8.99. The number of aromatic nitrogens is 1. The molecular formula is C19H27FN4OS. The number of halogens is 1. The van der Waals surface area contributed by atoms with E-state index in [0.717, 1.165) is 68.0 Å². The van der Waals surface area contributed by atoms with Gasteiger partial charge >= 0.3 is 0 Å². The van der Waals surface area contributed by atoms with E-state index in [0.29, 0.717) is 0 Å². The zero-order valence-electron chi connectivity index (χ0n) is 15.4.